The Morgan fingerprint density at radius 3 is 1.67 bits per heavy atom. The maximum atomic E-state index is 10.8. The van der Waals surface area contributed by atoms with E-state index >= 15 is 0 Å². The Morgan fingerprint density at radius 2 is 1.33 bits per heavy atom. The van der Waals surface area contributed by atoms with Gasteiger partial charge in [-0.05, 0) is 21.6 Å². The summed E-state index contributed by atoms with van der Waals surface area (Å²) in [6.45, 7) is 0. The molecule has 2 aromatic heterocycles. The number of nitrogens with two attached hydrogens (primary N) is 2. The molecule has 0 fully saturated rings. The van der Waals surface area contributed by atoms with Gasteiger partial charge in [0.25, 0.3) is 0 Å². The van der Waals surface area contributed by atoms with Crippen LogP contribution in [0.15, 0.2) is 22.7 Å². The molecule has 0 radical (unpaired) electrons. The van der Waals surface area contributed by atoms with Crippen LogP contribution in [0.1, 0.15) is 11.4 Å². The summed E-state index contributed by atoms with van der Waals surface area (Å²) in [4.78, 5) is 35.7. The lowest BCUT2D eigenvalue weighted by Crippen LogP contribution is -2.32. The number of hydrogen-bond acceptors (Lipinski definition) is 8. The van der Waals surface area contributed by atoms with Crippen molar-refractivity contribution in [2.75, 3.05) is 0 Å². The average Bonchev–Trinajstić information content (AvgIpc) is 3.14. The van der Waals surface area contributed by atoms with E-state index in [9.17, 15) is 9.59 Å². The molecule has 0 amide bonds. The van der Waals surface area contributed by atoms with Crippen LogP contribution in [0.5, 0.6) is 0 Å². The molecule has 0 aliphatic heterocycles. The number of rotatable bonds is 9. The first-order valence-corrected chi connectivity index (χ1v) is 8.89. The van der Waals surface area contributed by atoms with E-state index in [0.29, 0.717) is 21.4 Å². The number of carboxylic acids is 2. The molecular formula is C12H16N6O4S2. The number of carbonyl (C=O) groups is 2. The Hall–Kier alpha value is -2.02. The maximum absolute atomic E-state index is 10.8. The van der Waals surface area contributed by atoms with Crippen molar-refractivity contribution in [2.45, 2.75) is 35.0 Å². The number of H-pyrrole nitrogens is 2. The van der Waals surface area contributed by atoms with Crippen molar-refractivity contribution in [3.05, 3.63) is 24.0 Å². The maximum Gasteiger partial charge on any atom is 0.320 e. The highest BCUT2D eigenvalue weighted by Gasteiger charge is 2.19. The lowest BCUT2D eigenvalue weighted by Gasteiger charge is -2.07. The van der Waals surface area contributed by atoms with Crippen molar-refractivity contribution in [3.63, 3.8) is 0 Å². The summed E-state index contributed by atoms with van der Waals surface area (Å²) in [6.07, 6.45) is 3.16. The summed E-state index contributed by atoms with van der Waals surface area (Å²) in [5, 5.41) is 18.9. The average molecular weight is 372 g/mol. The zero-order valence-corrected chi connectivity index (χ0v) is 13.9. The van der Waals surface area contributed by atoms with Gasteiger partial charge in [-0.2, -0.15) is 0 Å². The first kappa shape index (κ1) is 18.3. The second kappa shape index (κ2) is 8.19. The fourth-order valence-corrected chi connectivity index (χ4v) is 3.92. The van der Waals surface area contributed by atoms with Crippen molar-refractivity contribution in [2.24, 2.45) is 11.5 Å². The van der Waals surface area contributed by atoms with E-state index in [1.54, 1.807) is 0 Å². The predicted octanol–water partition coefficient (Wildman–Crippen LogP) is -0.159. The van der Waals surface area contributed by atoms with Crippen LogP contribution < -0.4 is 11.5 Å². The molecule has 2 aromatic rings. The van der Waals surface area contributed by atoms with E-state index in [0.717, 1.165) is 0 Å². The molecule has 2 rings (SSSR count). The van der Waals surface area contributed by atoms with Gasteiger partial charge in [-0.1, -0.05) is 0 Å². The number of nitrogens with zero attached hydrogens (tertiary/aromatic N) is 2. The monoisotopic (exact) mass is 372 g/mol. The molecule has 130 valence electrons. The summed E-state index contributed by atoms with van der Waals surface area (Å²) < 4.78 is 0. The van der Waals surface area contributed by atoms with Crippen molar-refractivity contribution in [1.82, 2.24) is 19.9 Å². The largest absolute Gasteiger partial charge is 0.480 e. The van der Waals surface area contributed by atoms with E-state index in [-0.39, 0.29) is 12.8 Å². The van der Waals surface area contributed by atoms with Crippen LogP contribution in [0.2, 0.25) is 0 Å². The lowest BCUT2D eigenvalue weighted by atomic mass is 10.2. The summed E-state index contributed by atoms with van der Waals surface area (Å²) in [5.74, 6) is -2.18. The summed E-state index contributed by atoms with van der Waals surface area (Å²) >= 11 is 0. The second-order valence-corrected chi connectivity index (χ2v) is 6.94. The number of hydrogen-bond donors (Lipinski definition) is 6. The van der Waals surface area contributed by atoms with E-state index in [1.165, 1.54) is 34.2 Å². The third-order valence-electron chi connectivity index (χ3n) is 3.04. The van der Waals surface area contributed by atoms with Crippen LogP contribution in [0.25, 0.3) is 0 Å². The normalized spacial score (nSPS) is 13.6. The number of carboxylic acid groups (broad SMARTS) is 2. The zero-order valence-electron chi connectivity index (χ0n) is 12.3. The molecule has 0 saturated heterocycles. The summed E-state index contributed by atoms with van der Waals surface area (Å²) in [5.41, 5.74) is 12.3. The van der Waals surface area contributed by atoms with E-state index < -0.39 is 24.0 Å². The molecule has 2 atom stereocenters. The van der Waals surface area contributed by atoms with Crippen molar-refractivity contribution in [1.29, 1.82) is 0 Å². The van der Waals surface area contributed by atoms with Gasteiger partial charge in [-0.15, -0.1) is 0 Å². The molecule has 0 bridgehead atoms. The first-order chi connectivity index (χ1) is 11.4. The lowest BCUT2D eigenvalue weighted by molar-refractivity contribution is -0.139. The molecule has 0 aromatic carbocycles. The Kier molecular flexibility index (Phi) is 6.25. The van der Waals surface area contributed by atoms with Crippen LogP contribution in [-0.4, -0.2) is 54.2 Å². The molecule has 10 nitrogen and oxygen atoms in total. The summed E-state index contributed by atoms with van der Waals surface area (Å²) in [7, 11) is 2.54. The van der Waals surface area contributed by atoms with E-state index in [1.807, 2.05) is 0 Å². The fraction of sp³-hybridized carbons (Fsp3) is 0.333. The molecule has 0 saturated carbocycles. The van der Waals surface area contributed by atoms with Crippen LogP contribution in [0, 0.1) is 0 Å². The Bertz CT molecular complexity index is 658. The Balaban J connectivity index is 2.00. The molecule has 0 aliphatic rings. The van der Waals surface area contributed by atoms with Gasteiger partial charge in [0.2, 0.25) is 0 Å². The SMILES string of the molecule is N[C@@H](Cc1[nH]cnc1SSc1nc[nH]c1C[C@H](N)C(=O)O)C(=O)O. The van der Waals surface area contributed by atoms with Gasteiger partial charge < -0.3 is 31.6 Å². The topological polar surface area (TPSA) is 184 Å². The van der Waals surface area contributed by atoms with E-state index in [4.69, 9.17) is 21.7 Å². The van der Waals surface area contributed by atoms with Gasteiger partial charge in [-0.3, -0.25) is 9.59 Å². The minimum atomic E-state index is -1.09. The van der Waals surface area contributed by atoms with Gasteiger partial charge in [0, 0.05) is 12.8 Å². The highest BCUT2D eigenvalue weighted by Crippen LogP contribution is 2.38. The quantitative estimate of drug-likeness (QED) is 0.323. The predicted molar refractivity (Wildman–Crippen MR) is 87.5 cm³/mol. The van der Waals surface area contributed by atoms with Crippen molar-refractivity contribution < 1.29 is 19.8 Å². The van der Waals surface area contributed by atoms with E-state index in [2.05, 4.69) is 19.9 Å². The molecule has 0 spiro atoms. The highest BCUT2D eigenvalue weighted by atomic mass is 33.1. The Labute approximate surface area is 144 Å². The van der Waals surface area contributed by atoms with Gasteiger partial charge in [-0.25, -0.2) is 9.97 Å². The number of aromatic nitrogens is 4. The first-order valence-electron chi connectivity index (χ1n) is 6.74. The number of nitrogens with one attached hydrogen (secondary N) is 2. The third kappa shape index (κ3) is 4.74. The number of imidazole rings is 2. The van der Waals surface area contributed by atoms with Crippen molar-refractivity contribution >= 4 is 33.5 Å². The zero-order chi connectivity index (χ0) is 17.7. The Morgan fingerprint density at radius 1 is 0.958 bits per heavy atom. The number of aliphatic carboxylic acids is 2. The van der Waals surface area contributed by atoms with Crippen molar-refractivity contribution in [3.8, 4) is 0 Å². The molecule has 8 N–H and O–H groups in total. The van der Waals surface area contributed by atoms with Gasteiger partial charge in [0.05, 0.1) is 24.0 Å². The molecule has 0 unspecified atom stereocenters. The molecular weight excluding hydrogens is 356 g/mol. The van der Waals surface area contributed by atoms with Gasteiger partial charge in [0.15, 0.2) is 0 Å². The third-order valence-corrected chi connectivity index (χ3v) is 5.34. The molecule has 12 heteroatoms. The van der Waals surface area contributed by atoms with Crippen LogP contribution in [0.4, 0.5) is 0 Å². The van der Waals surface area contributed by atoms with Crippen LogP contribution >= 0.6 is 21.6 Å². The molecule has 24 heavy (non-hydrogen) atoms. The smallest absolute Gasteiger partial charge is 0.320 e. The molecule has 2 heterocycles. The fourth-order valence-electron chi connectivity index (χ4n) is 1.75. The summed E-state index contributed by atoms with van der Waals surface area (Å²) in [6, 6.07) is -2.05. The number of aromatic amines is 2. The van der Waals surface area contributed by atoms with Crippen LogP contribution in [-0.2, 0) is 22.4 Å². The second-order valence-electron chi connectivity index (χ2n) is 4.84. The molecule has 0 aliphatic carbocycles. The standard InChI is InChI=1S/C12H16N6O4S2/c13-5(11(19)20)1-7-9(17-3-15-7)23-24-10-8(16-4-18-10)2-6(14)12(21)22/h3-6H,1-2,13-14H2,(H,15,17)(H,16,18)(H,19,20)(H,21,22)/t5-,6-/m0/s1. The minimum Gasteiger partial charge on any atom is -0.480 e. The van der Waals surface area contributed by atoms with Gasteiger partial charge in [0.1, 0.15) is 22.1 Å². The minimum absolute atomic E-state index is 0.121. The van der Waals surface area contributed by atoms with Crippen LogP contribution in [0.3, 0.4) is 0 Å². The highest BCUT2D eigenvalue weighted by molar-refractivity contribution is 8.76. The van der Waals surface area contributed by atoms with Gasteiger partial charge >= 0.3 is 11.9 Å².